The number of thiazole rings is 1. The molecule has 1 rings (SSSR count). The summed E-state index contributed by atoms with van der Waals surface area (Å²) < 4.78 is 25.9. The van der Waals surface area contributed by atoms with Crippen LogP contribution in [0.3, 0.4) is 0 Å². The summed E-state index contributed by atoms with van der Waals surface area (Å²) in [6.45, 7) is 4.44. The highest BCUT2D eigenvalue weighted by atomic mass is 32.2. The van der Waals surface area contributed by atoms with E-state index in [1.165, 1.54) is 20.0 Å². The standard InChI is InChI=1S/C9H14N2O4S2/c1-4-6-10-5-7(16-6)17(14,15)11-9(2,3)8(12)13/h5,11H,4H2,1-3H3,(H,12,13). The van der Waals surface area contributed by atoms with E-state index in [9.17, 15) is 13.2 Å². The smallest absolute Gasteiger partial charge is 0.324 e. The summed E-state index contributed by atoms with van der Waals surface area (Å²) in [5.74, 6) is -1.23. The number of hydrogen-bond acceptors (Lipinski definition) is 5. The van der Waals surface area contributed by atoms with Gasteiger partial charge in [0.2, 0.25) is 0 Å². The number of carboxylic acid groups (broad SMARTS) is 1. The first-order chi connectivity index (χ1) is 7.69. The molecule has 0 bridgehead atoms. The number of carboxylic acids is 1. The van der Waals surface area contributed by atoms with Gasteiger partial charge < -0.3 is 5.11 Å². The summed E-state index contributed by atoms with van der Waals surface area (Å²) in [7, 11) is -3.83. The first kappa shape index (κ1) is 14.1. The van der Waals surface area contributed by atoms with Gasteiger partial charge in [-0.3, -0.25) is 4.79 Å². The van der Waals surface area contributed by atoms with Gasteiger partial charge in [0.05, 0.1) is 11.2 Å². The molecule has 0 atom stereocenters. The third kappa shape index (κ3) is 3.24. The molecule has 8 heteroatoms. The fraction of sp³-hybridized carbons (Fsp3) is 0.556. The Morgan fingerprint density at radius 3 is 2.59 bits per heavy atom. The molecule has 0 aromatic carbocycles. The predicted octanol–water partition coefficient (Wildman–Crippen LogP) is 0.847. The van der Waals surface area contributed by atoms with E-state index in [4.69, 9.17) is 5.11 Å². The molecule has 17 heavy (non-hydrogen) atoms. The first-order valence-corrected chi connectivity index (χ1v) is 7.21. The SMILES string of the molecule is CCc1ncc(S(=O)(=O)NC(C)(C)C(=O)O)s1. The largest absolute Gasteiger partial charge is 0.480 e. The molecule has 0 fully saturated rings. The molecule has 0 aliphatic carbocycles. The average molecular weight is 278 g/mol. The fourth-order valence-corrected chi connectivity index (χ4v) is 3.50. The molecule has 0 saturated heterocycles. The second-order valence-electron chi connectivity index (χ2n) is 3.96. The van der Waals surface area contributed by atoms with Gasteiger partial charge in [0.25, 0.3) is 10.0 Å². The van der Waals surface area contributed by atoms with Crippen molar-refractivity contribution in [3.63, 3.8) is 0 Å². The number of aromatic nitrogens is 1. The molecule has 1 aromatic heterocycles. The maximum absolute atomic E-state index is 11.9. The number of aliphatic carboxylic acids is 1. The summed E-state index contributed by atoms with van der Waals surface area (Å²) in [6, 6.07) is 0. The van der Waals surface area contributed by atoms with Gasteiger partial charge in [0.15, 0.2) is 4.21 Å². The Balaban J connectivity index is 3.01. The van der Waals surface area contributed by atoms with Crippen molar-refractivity contribution in [3.05, 3.63) is 11.2 Å². The van der Waals surface area contributed by atoms with Crippen LogP contribution in [0.1, 0.15) is 25.8 Å². The van der Waals surface area contributed by atoms with Crippen LogP contribution in [0, 0.1) is 0 Å². The second-order valence-corrected chi connectivity index (χ2v) is 6.99. The number of nitrogens with zero attached hydrogens (tertiary/aromatic N) is 1. The lowest BCUT2D eigenvalue weighted by Gasteiger charge is -2.19. The molecule has 0 amide bonds. The molecule has 1 aromatic rings. The van der Waals surface area contributed by atoms with E-state index in [-0.39, 0.29) is 4.21 Å². The van der Waals surface area contributed by atoms with Crippen LogP contribution in [0.4, 0.5) is 0 Å². The van der Waals surface area contributed by atoms with Crippen molar-refractivity contribution in [1.29, 1.82) is 0 Å². The van der Waals surface area contributed by atoms with Crippen molar-refractivity contribution >= 4 is 27.3 Å². The Labute approximate surface area is 104 Å². The molecule has 6 nitrogen and oxygen atoms in total. The van der Waals surface area contributed by atoms with Gasteiger partial charge in [-0.15, -0.1) is 11.3 Å². The topological polar surface area (TPSA) is 96.4 Å². The van der Waals surface area contributed by atoms with Crippen LogP contribution >= 0.6 is 11.3 Å². The van der Waals surface area contributed by atoms with Crippen molar-refractivity contribution in [2.75, 3.05) is 0 Å². The molecule has 2 N–H and O–H groups in total. The van der Waals surface area contributed by atoms with E-state index in [0.29, 0.717) is 11.4 Å². The monoisotopic (exact) mass is 278 g/mol. The lowest BCUT2D eigenvalue weighted by atomic mass is 10.1. The summed E-state index contributed by atoms with van der Waals surface area (Å²) in [4.78, 5) is 14.8. The Morgan fingerprint density at radius 2 is 2.18 bits per heavy atom. The quantitative estimate of drug-likeness (QED) is 0.832. The van der Waals surface area contributed by atoms with E-state index >= 15 is 0 Å². The molecule has 1 heterocycles. The van der Waals surface area contributed by atoms with Crippen molar-refractivity contribution < 1.29 is 18.3 Å². The van der Waals surface area contributed by atoms with Gasteiger partial charge in [-0.1, -0.05) is 6.92 Å². The maximum atomic E-state index is 11.9. The van der Waals surface area contributed by atoms with E-state index in [2.05, 4.69) is 9.71 Å². The lowest BCUT2D eigenvalue weighted by molar-refractivity contribution is -0.142. The van der Waals surface area contributed by atoms with Crippen molar-refractivity contribution in [3.8, 4) is 0 Å². The highest BCUT2D eigenvalue weighted by Gasteiger charge is 2.33. The van der Waals surface area contributed by atoms with Crippen molar-refractivity contribution in [1.82, 2.24) is 9.71 Å². The Morgan fingerprint density at radius 1 is 1.59 bits per heavy atom. The molecule has 0 radical (unpaired) electrons. The van der Waals surface area contributed by atoms with Gasteiger partial charge in [-0.05, 0) is 20.3 Å². The highest BCUT2D eigenvalue weighted by molar-refractivity contribution is 7.91. The van der Waals surface area contributed by atoms with Gasteiger partial charge in [0.1, 0.15) is 5.54 Å². The third-order valence-electron chi connectivity index (χ3n) is 2.02. The number of sulfonamides is 1. The van der Waals surface area contributed by atoms with E-state index in [1.807, 2.05) is 6.92 Å². The number of carbonyl (C=O) groups is 1. The zero-order valence-electron chi connectivity index (χ0n) is 9.72. The zero-order chi connectivity index (χ0) is 13.3. The van der Waals surface area contributed by atoms with E-state index < -0.39 is 21.5 Å². The molecule has 0 aliphatic rings. The van der Waals surface area contributed by atoms with Gasteiger partial charge in [-0.25, -0.2) is 13.4 Å². The van der Waals surface area contributed by atoms with Crippen LogP contribution < -0.4 is 4.72 Å². The van der Waals surface area contributed by atoms with Crippen LogP contribution in [-0.2, 0) is 21.2 Å². The van der Waals surface area contributed by atoms with Crippen LogP contribution in [0.25, 0.3) is 0 Å². The third-order valence-corrected chi connectivity index (χ3v) is 5.28. The van der Waals surface area contributed by atoms with Crippen LogP contribution in [0.15, 0.2) is 10.4 Å². The fourth-order valence-electron chi connectivity index (χ4n) is 1.01. The first-order valence-electron chi connectivity index (χ1n) is 4.91. The minimum Gasteiger partial charge on any atom is -0.480 e. The highest BCUT2D eigenvalue weighted by Crippen LogP contribution is 2.20. The summed E-state index contributed by atoms with van der Waals surface area (Å²) >= 11 is 1.04. The Bertz CT molecular complexity index is 519. The number of aryl methyl sites for hydroxylation is 1. The van der Waals surface area contributed by atoms with E-state index in [0.717, 1.165) is 11.3 Å². The second kappa shape index (κ2) is 4.71. The van der Waals surface area contributed by atoms with E-state index in [1.54, 1.807) is 0 Å². The van der Waals surface area contributed by atoms with Crippen LogP contribution in [0.5, 0.6) is 0 Å². The summed E-state index contributed by atoms with van der Waals surface area (Å²) in [5, 5.41) is 9.56. The van der Waals surface area contributed by atoms with Crippen molar-refractivity contribution in [2.24, 2.45) is 0 Å². The summed E-state index contributed by atoms with van der Waals surface area (Å²) in [5.41, 5.74) is -1.55. The minimum absolute atomic E-state index is 0.0312. The van der Waals surface area contributed by atoms with Gasteiger partial charge in [-0.2, -0.15) is 4.72 Å². The number of rotatable bonds is 5. The number of hydrogen-bond donors (Lipinski definition) is 2. The van der Waals surface area contributed by atoms with Crippen LogP contribution in [0.2, 0.25) is 0 Å². The average Bonchev–Trinajstić information content (AvgIpc) is 2.64. The van der Waals surface area contributed by atoms with Crippen LogP contribution in [-0.4, -0.2) is 30.0 Å². The molecule has 96 valence electrons. The van der Waals surface area contributed by atoms with Gasteiger partial charge in [0, 0.05) is 0 Å². The van der Waals surface area contributed by atoms with Gasteiger partial charge >= 0.3 is 5.97 Å². The zero-order valence-corrected chi connectivity index (χ0v) is 11.4. The normalized spacial score (nSPS) is 12.6. The number of nitrogens with one attached hydrogen (secondary N) is 1. The molecular weight excluding hydrogens is 264 g/mol. The molecule has 0 saturated carbocycles. The molecule has 0 unspecified atom stereocenters. The molecular formula is C9H14N2O4S2. The molecule has 0 aliphatic heterocycles. The molecule has 0 spiro atoms. The maximum Gasteiger partial charge on any atom is 0.324 e. The Kier molecular flexibility index (Phi) is 3.90. The van der Waals surface area contributed by atoms with Crippen molar-refractivity contribution in [2.45, 2.75) is 36.9 Å². The Hall–Kier alpha value is -0.990. The lowest BCUT2D eigenvalue weighted by Crippen LogP contribution is -2.49. The predicted molar refractivity (Wildman–Crippen MR) is 63.5 cm³/mol. The summed E-state index contributed by atoms with van der Waals surface area (Å²) in [6.07, 6.45) is 1.88. The minimum atomic E-state index is -3.83.